The maximum absolute atomic E-state index is 14.1. The van der Waals surface area contributed by atoms with Gasteiger partial charge in [-0.1, -0.05) is 0 Å². The Morgan fingerprint density at radius 3 is 2.52 bits per heavy atom. The van der Waals surface area contributed by atoms with E-state index in [2.05, 4.69) is 4.90 Å². The molecule has 2 saturated heterocycles. The van der Waals surface area contributed by atoms with Gasteiger partial charge >= 0.3 is 12.1 Å². The van der Waals surface area contributed by atoms with E-state index in [4.69, 9.17) is 9.47 Å². The van der Waals surface area contributed by atoms with Gasteiger partial charge in [0.15, 0.2) is 0 Å². The number of rotatable bonds is 2. The van der Waals surface area contributed by atoms with Gasteiger partial charge in [-0.2, -0.15) is 0 Å². The van der Waals surface area contributed by atoms with E-state index >= 15 is 0 Å². The quantitative estimate of drug-likeness (QED) is 0.736. The van der Waals surface area contributed by atoms with E-state index in [-0.39, 0.29) is 23.7 Å². The number of ether oxygens (including phenoxy) is 2. The van der Waals surface area contributed by atoms with Crippen LogP contribution in [0.5, 0.6) is 0 Å². The van der Waals surface area contributed by atoms with Crippen LogP contribution in [0.3, 0.4) is 0 Å². The maximum atomic E-state index is 14.1. The molecule has 148 valence electrons. The number of piperidine rings is 1. The van der Waals surface area contributed by atoms with Gasteiger partial charge in [0.1, 0.15) is 11.4 Å². The number of carbonyl (C=O) groups is 2. The fourth-order valence-corrected chi connectivity index (χ4v) is 4.03. The number of amides is 1. The van der Waals surface area contributed by atoms with Gasteiger partial charge in [-0.3, -0.25) is 0 Å². The standard InChI is InChI=1S/C20H27FN2O4/c1-20(2,3)27-19(25)23-9-7-17-16(23)6-5-8-22(17)15-11-13(18(24)26-4)10-14(21)12-15/h10-12,16-17H,5-9H2,1-4H3/t16-,17-/m1/s1. The van der Waals surface area contributed by atoms with Crippen molar-refractivity contribution in [3.63, 3.8) is 0 Å². The molecule has 1 aromatic carbocycles. The van der Waals surface area contributed by atoms with Crippen molar-refractivity contribution < 1.29 is 23.5 Å². The smallest absolute Gasteiger partial charge is 0.410 e. The summed E-state index contributed by atoms with van der Waals surface area (Å²) in [5.74, 6) is -1.04. The third-order valence-corrected chi connectivity index (χ3v) is 5.07. The van der Waals surface area contributed by atoms with Gasteiger partial charge in [0.05, 0.1) is 24.8 Å². The first-order valence-electron chi connectivity index (χ1n) is 9.35. The average Bonchev–Trinajstić information content (AvgIpc) is 3.03. The second-order valence-corrected chi connectivity index (χ2v) is 8.12. The summed E-state index contributed by atoms with van der Waals surface area (Å²) in [7, 11) is 1.28. The van der Waals surface area contributed by atoms with Crippen LogP contribution in [-0.2, 0) is 9.47 Å². The Morgan fingerprint density at radius 1 is 1.11 bits per heavy atom. The van der Waals surface area contributed by atoms with Crippen molar-refractivity contribution in [2.45, 2.75) is 57.7 Å². The van der Waals surface area contributed by atoms with Gasteiger partial charge in [0.25, 0.3) is 0 Å². The summed E-state index contributed by atoms with van der Waals surface area (Å²) in [4.78, 5) is 28.3. The van der Waals surface area contributed by atoms with Crippen molar-refractivity contribution in [2.24, 2.45) is 0 Å². The molecule has 0 bridgehead atoms. The Labute approximate surface area is 159 Å². The Hall–Kier alpha value is -2.31. The molecule has 3 rings (SSSR count). The van der Waals surface area contributed by atoms with Crippen LogP contribution in [0, 0.1) is 5.82 Å². The molecule has 0 radical (unpaired) electrons. The molecule has 0 spiro atoms. The van der Waals surface area contributed by atoms with Gasteiger partial charge in [-0.15, -0.1) is 0 Å². The molecule has 0 saturated carbocycles. The van der Waals surface area contributed by atoms with Crippen LogP contribution in [0.25, 0.3) is 0 Å². The van der Waals surface area contributed by atoms with Crippen LogP contribution in [0.1, 0.15) is 50.4 Å². The number of carbonyl (C=O) groups excluding carboxylic acids is 2. The predicted octanol–water partition coefficient (Wildman–Crippen LogP) is 3.59. The lowest BCUT2D eigenvalue weighted by atomic mass is 9.96. The van der Waals surface area contributed by atoms with Gasteiger partial charge in [-0.05, 0) is 58.2 Å². The predicted molar refractivity (Wildman–Crippen MR) is 99.5 cm³/mol. The number of nitrogens with zero attached hydrogens (tertiary/aromatic N) is 2. The average molecular weight is 378 g/mol. The van der Waals surface area contributed by atoms with Crippen LogP contribution in [0.15, 0.2) is 18.2 Å². The molecule has 2 fully saturated rings. The Kier molecular flexibility index (Phi) is 5.31. The molecular formula is C20H27FN2O4. The molecule has 2 atom stereocenters. The highest BCUT2D eigenvalue weighted by molar-refractivity contribution is 5.90. The van der Waals surface area contributed by atoms with Crippen molar-refractivity contribution in [2.75, 3.05) is 25.1 Å². The molecule has 0 aliphatic carbocycles. The van der Waals surface area contributed by atoms with Crippen LogP contribution in [0.4, 0.5) is 14.9 Å². The molecule has 2 aliphatic rings. The minimum atomic E-state index is -0.564. The van der Waals surface area contributed by atoms with Crippen molar-refractivity contribution in [3.8, 4) is 0 Å². The second kappa shape index (κ2) is 7.37. The molecule has 2 heterocycles. The molecule has 2 aliphatic heterocycles. The lowest BCUT2D eigenvalue weighted by Crippen LogP contribution is -2.51. The van der Waals surface area contributed by atoms with Crippen LogP contribution in [-0.4, -0.2) is 54.8 Å². The molecular weight excluding hydrogens is 351 g/mol. The summed E-state index contributed by atoms with van der Waals surface area (Å²) in [6.07, 6.45) is 2.25. The van der Waals surface area contributed by atoms with Crippen molar-refractivity contribution in [1.82, 2.24) is 4.90 Å². The minimum Gasteiger partial charge on any atom is -0.465 e. The van der Waals surface area contributed by atoms with Crippen LogP contribution < -0.4 is 4.90 Å². The van der Waals surface area contributed by atoms with Gasteiger partial charge in [0, 0.05) is 18.8 Å². The topological polar surface area (TPSA) is 59.1 Å². The number of fused-ring (bicyclic) bond motifs is 1. The monoisotopic (exact) mass is 378 g/mol. The van der Waals surface area contributed by atoms with Crippen molar-refractivity contribution >= 4 is 17.7 Å². The van der Waals surface area contributed by atoms with E-state index in [0.29, 0.717) is 12.2 Å². The third-order valence-electron chi connectivity index (χ3n) is 5.07. The first kappa shape index (κ1) is 19.5. The molecule has 27 heavy (non-hydrogen) atoms. The van der Waals surface area contributed by atoms with E-state index in [9.17, 15) is 14.0 Å². The first-order chi connectivity index (χ1) is 12.7. The molecule has 0 aromatic heterocycles. The van der Waals surface area contributed by atoms with E-state index in [1.54, 1.807) is 11.0 Å². The number of esters is 1. The van der Waals surface area contributed by atoms with Crippen LogP contribution in [0.2, 0.25) is 0 Å². The normalized spacial score (nSPS) is 22.4. The van der Waals surface area contributed by atoms with E-state index in [1.807, 2.05) is 20.8 Å². The summed E-state index contributed by atoms with van der Waals surface area (Å²) < 4.78 is 24.4. The van der Waals surface area contributed by atoms with E-state index < -0.39 is 17.4 Å². The van der Waals surface area contributed by atoms with Crippen molar-refractivity contribution in [3.05, 3.63) is 29.6 Å². The molecule has 7 heteroatoms. The summed E-state index contributed by atoms with van der Waals surface area (Å²) in [5, 5.41) is 0. The molecule has 0 unspecified atom stereocenters. The zero-order valence-corrected chi connectivity index (χ0v) is 16.3. The molecule has 6 nitrogen and oxygen atoms in total. The number of hydrogen-bond acceptors (Lipinski definition) is 5. The molecule has 0 N–H and O–H groups in total. The highest BCUT2D eigenvalue weighted by atomic mass is 19.1. The summed E-state index contributed by atoms with van der Waals surface area (Å²) in [5.41, 5.74) is 0.300. The van der Waals surface area contributed by atoms with E-state index in [0.717, 1.165) is 25.8 Å². The Morgan fingerprint density at radius 2 is 1.85 bits per heavy atom. The number of benzene rings is 1. The fourth-order valence-electron chi connectivity index (χ4n) is 4.03. The summed E-state index contributed by atoms with van der Waals surface area (Å²) in [6.45, 7) is 6.93. The fraction of sp³-hybridized carbons (Fsp3) is 0.600. The second-order valence-electron chi connectivity index (χ2n) is 8.12. The lowest BCUT2D eigenvalue weighted by Gasteiger charge is -2.41. The summed E-state index contributed by atoms with van der Waals surface area (Å²) >= 11 is 0. The highest BCUT2D eigenvalue weighted by Crippen LogP contribution is 2.35. The number of hydrogen-bond donors (Lipinski definition) is 0. The van der Waals surface area contributed by atoms with Crippen LogP contribution >= 0.6 is 0 Å². The van der Waals surface area contributed by atoms with Gasteiger partial charge in [-0.25, -0.2) is 14.0 Å². The van der Waals surface area contributed by atoms with Gasteiger partial charge < -0.3 is 19.3 Å². The SMILES string of the molecule is COC(=O)c1cc(F)cc(N2CCC[C@@H]3[C@H]2CCN3C(=O)OC(C)(C)C)c1. The number of halogens is 1. The Bertz CT molecular complexity index is 731. The zero-order chi connectivity index (χ0) is 19.8. The van der Waals surface area contributed by atoms with Gasteiger partial charge in [0.2, 0.25) is 0 Å². The highest BCUT2D eigenvalue weighted by Gasteiger charge is 2.43. The first-order valence-corrected chi connectivity index (χ1v) is 9.35. The zero-order valence-electron chi connectivity index (χ0n) is 16.3. The van der Waals surface area contributed by atoms with E-state index in [1.165, 1.54) is 19.2 Å². The minimum absolute atomic E-state index is 0.0263. The Balaban J connectivity index is 1.83. The largest absolute Gasteiger partial charge is 0.465 e. The number of likely N-dealkylation sites (tertiary alicyclic amines) is 1. The third kappa shape index (κ3) is 4.17. The molecule has 1 amide bonds. The molecule has 1 aromatic rings. The number of anilines is 1. The van der Waals surface area contributed by atoms with Crippen molar-refractivity contribution in [1.29, 1.82) is 0 Å². The number of methoxy groups -OCH3 is 1. The maximum Gasteiger partial charge on any atom is 0.410 e. The lowest BCUT2D eigenvalue weighted by molar-refractivity contribution is 0.0204. The summed E-state index contributed by atoms with van der Waals surface area (Å²) in [6, 6.07) is 4.38.